The number of rotatable bonds is 8. The molecule has 22 heavy (non-hydrogen) atoms. The van der Waals surface area contributed by atoms with Gasteiger partial charge in [-0.2, -0.15) is 0 Å². The third kappa shape index (κ3) is 4.03. The van der Waals surface area contributed by atoms with Crippen LogP contribution in [0, 0.1) is 5.92 Å². The van der Waals surface area contributed by atoms with Gasteiger partial charge in [0.2, 0.25) is 0 Å². The maximum Gasteiger partial charge on any atom is -0.0130 e. The van der Waals surface area contributed by atoms with Crippen molar-refractivity contribution in [3.8, 4) is 0 Å². The van der Waals surface area contributed by atoms with Gasteiger partial charge in [0.05, 0.1) is 0 Å². The third-order valence-corrected chi connectivity index (χ3v) is 5.36. The van der Waals surface area contributed by atoms with Crippen LogP contribution in [0.15, 0.2) is 24.3 Å². The third-order valence-electron chi connectivity index (χ3n) is 5.36. The molecule has 0 N–H and O–H groups in total. The molecule has 2 rings (SSSR count). The lowest BCUT2D eigenvalue weighted by atomic mass is 9.69. The lowest BCUT2D eigenvalue weighted by Crippen LogP contribution is -2.22. The minimum Gasteiger partial charge on any atom is -0.0807 e. The van der Waals surface area contributed by atoms with Gasteiger partial charge in [-0.3, -0.25) is 0 Å². The Bertz CT molecular complexity index is 495. The van der Waals surface area contributed by atoms with Crippen LogP contribution in [-0.4, -0.2) is 0 Å². The molecule has 1 fully saturated rings. The fourth-order valence-corrected chi connectivity index (χ4v) is 3.65. The summed E-state index contributed by atoms with van der Waals surface area (Å²) in [5.41, 5.74) is 6.31. The van der Waals surface area contributed by atoms with E-state index in [4.69, 9.17) is 0 Å². The van der Waals surface area contributed by atoms with Crippen LogP contribution in [0.25, 0.3) is 5.57 Å². The van der Waals surface area contributed by atoms with Crippen molar-refractivity contribution < 1.29 is 0 Å². The van der Waals surface area contributed by atoms with E-state index >= 15 is 0 Å². The second-order valence-electron chi connectivity index (χ2n) is 7.06. The Balaban J connectivity index is 2.36. The van der Waals surface area contributed by atoms with Crippen molar-refractivity contribution >= 4 is 5.57 Å². The van der Waals surface area contributed by atoms with Crippen LogP contribution in [0.4, 0.5) is 0 Å². The highest BCUT2D eigenvalue weighted by molar-refractivity contribution is 5.69. The van der Waals surface area contributed by atoms with Gasteiger partial charge in [0.15, 0.2) is 0 Å². The van der Waals surface area contributed by atoms with E-state index in [1.807, 2.05) is 0 Å². The largest absolute Gasteiger partial charge is 0.0807 e. The molecule has 1 aromatic carbocycles. The van der Waals surface area contributed by atoms with E-state index in [2.05, 4.69) is 52.0 Å². The molecule has 1 aromatic rings. The Kier molecular flexibility index (Phi) is 6.73. The monoisotopic (exact) mass is 298 g/mol. The molecule has 1 aliphatic carbocycles. The van der Waals surface area contributed by atoms with E-state index < -0.39 is 0 Å². The molecule has 0 aliphatic heterocycles. The van der Waals surface area contributed by atoms with E-state index in [9.17, 15) is 0 Å². The van der Waals surface area contributed by atoms with Crippen molar-refractivity contribution in [1.29, 1.82) is 0 Å². The molecule has 122 valence electrons. The highest BCUT2D eigenvalue weighted by atomic mass is 14.3. The molecule has 0 saturated heterocycles. The summed E-state index contributed by atoms with van der Waals surface area (Å²) in [6.07, 6.45) is 12.8. The van der Waals surface area contributed by atoms with Crippen LogP contribution in [0.2, 0.25) is 0 Å². The fourth-order valence-electron chi connectivity index (χ4n) is 3.65. The zero-order valence-electron chi connectivity index (χ0n) is 15.1. The molecule has 0 nitrogen and oxygen atoms in total. The molecule has 1 saturated carbocycles. The maximum atomic E-state index is 2.54. The van der Waals surface area contributed by atoms with Crippen LogP contribution in [-0.2, 0) is 6.42 Å². The summed E-state index contributed by atoms with van der Waals surface area (Å²) in [4.78, 5) is 0. The van der Waals surface area contributed by atoms with Gasteiger partial charge in [0, 0.05) is 0 Å². The van der Waals surface area contributed by atoms with Crippen molar-refractivity contribution in [3.05, 3.63) is 41.0 Å². The second-order valence-corrected chi connectivity index (χ2v) is 7.06. The molecule has 2 unspecified atom stereocenters. The van der Waals surface area contributed by atoms with Gasteiger partial charge in [0.25, 0.3) is 0 Å². The van der Waals surface area contributed by atoms with Crippen molar-refractivity contribution in [1.82, 2.24) is 0 Å². The zero-order chi connectivity index (χ0) is 15.9. The van der Waals surface area contributed by atoms with Crippen LogP contribution >= 0.6 is 0 Å². The summed E-state index contributed by atoms with van der Waals surface area (Å²) < 4.78 is 0. The van der Waals surface area contributed by atoms with Gasteiger partial charge in [-0.05, 0) is 66.2 Å². The smallest absolute Gasteiger partial charge is 0.0130 e. The van der Waals surface area contributed by atoms with Crippen molar-refractivity contribution in [2.24, 2.45) is 5.92 Å². The van der Waals surface area contributed by atoms with Crippen molar-refractivity contribution in [2.45, 2.75) is 85.0 Å². The first-order valence-electron chi connectivity index (χ1n) is 9.53. The second kappa shape index (κ2) is 8.56. The first-order chi connectivity index (χ1) is 10.7. The Morgan fingerprint density at radius 3 is 2.50 bits per heavy atom. The topological polar surface area (TPSA) is 0 Å². The molecular weight excluding hydrogens is 264 g/mol. The molecule has 0 heterocycles. The van der Waals surface area contributed by atoms with Gasteiger partial charge in [-0.25, -0.2) is 0 Å². The Labute approximate surface area is 138 Å². The van der Waals surface area contributed by atoms with Gasteiger partial charge in [-0.1, -0.05) is 71.2 Å². The Hall–Kier alpha value is -1.04. The van der Waals surface area contributed by atoms with E-state index in [1.54, 1.807) is 16.7 Å². The SMILES string of the molecule is CCCCC=C(CCC)c1cc(CC)ccc1C1CCC1C. The Morgan fingerprint density at radius 1 is 1.14 bits per heavy atom. The van der Waals surface area contributed by atoms with Crippen LogP contribution in [0.1, 0.15) is 95.2 Å². The summed E-state index contributed by atoms with van der Waals surface area (Å²) >= 11 is 0. The average Bonchev–Trinajstić information content (AvgIpc) is 2.53. The van der Waals surface area contributed by atoms with Crippen LogP contribution in [0.5, 0.6) is 0 Å². The van der Waals surface area contributed by atoms with E-state index in [0.29, 0.717) is 0 Å². The minimum absolute atomic E-state index is 0.798. The van der Waals surface area contributed by atoms with E-state index in [-0.39, 0.29) is 0 Å². The number of unbranched alkanes of at least 4 members (excludes halogenated alkanes) is 2. The van der Waals surface area contributed by atoms with Gasteiger partial charge >= 0.3 is 0 Å². The number of allylic oxidation sites excluding steroid dienone is 2. The summed E-state index contributed by atoms with van der Waals surface area (Å²) in [6, 6.07) is 7.30. The first kappa shape index (κ1) is 17.3. The summed E-state index contributed by atoms with van der Waals surface area (Å²) in [6.45, 7) is 9.28. The lowest BCUT2D eigenvalue weighted by molar-refractivity contribution is 0.280. The highest BCUT2D eigenvalue weighted by Crippen LogP contribution is 2.45. The van der Waals surface area contributed by atoms with Gasteiger partial charge in [-0.15, -0.1) is 0 Å². The quantitative estimate of drug-likeness (QED) is 0.447. The normalized spacial score (nSPS) is 21.7. The maximum absolute atomic E-state index is 2.54. The minimum atomic E-state index is 0.798. The molecule has 0 bridgehead atoms. The fraction of sp³-hybridized carbons (Fsp3) is 0.636. The average molecular weight is 299 g/mol. The molecule has 0 amide bonds. The molecule has 0 aromatic heterocycles. The van der Waals surface area contributed by atoms with E-state index in [1.165, 1.54) is 50.5 Å². The van der Waals surface area contributed by atoms with Gasteiger partial charge in [0.1, 0.15) is 0 Å². The lowest BCUT2D eigenvalue weighted by Gasteiger charge is -2.36. The number of aryl methyl sites for hydroxylation is 1. The predicted octanol–water partition coefficient (Wildman–Crippen LogP) is 7.14. The van der Waals surface area contributed by atoms with Crippen LogP contribution < -0.4 is 0 Å². The molecule has 0 heteroatoms. The van der Waals surface area contributed by atoms with Crippen LogP contribution in [0.3, 0.4) is 0 Å². The van der Waals surface area contributed by atoms with Gasteiger partial charge < -0.3 is 0 Å². The standard InChI is InChI=1S/C22H34/c1-5-8-9-11-19(10-6-2)22-16-18(7-3)13-15-21(22)20-14-12-17(20)4/h11,13,15-17,20H,5-10,12,14H2,1-4H3. The summed E-state index contributed by atoms with van der Waals surface area (Å²) in [7, 11) is 0. The molecular formula is C22H34. The van der Waals surface area contributed by atoms with Crippen molar-refractivity contribution in [3.63, 3.8) is 0 Å². The zero-order valence-corrected chi connectivity index (χ0v) is 15.1. The molecule has 0 radical (unpaired) electrons. The number of hydrogen-bond acceptors (Lipinski definition) is 0. The van der Waals surface area contributed by atoms with Crippen molar-refractivity contribution in [2.75, 3.05) is 0 Å². The first-order valence-corrected chi connectivity index (χ1v) is 9.53. The highest BCUT2D eigenvalue weighted by Gasteiger charge is 2.30. The summed E-state index contributed by atoms with van der Waals surface area (Å²) in [5.74, 6) is 1.66. The molecule has 2 atom stereocenters. The Morgan fingerprint density at radius 2 is 1.95 bits per heavy atom. The number of benzene rings is 1. The predicted molar refractivity (Wildman–Crippen MR) is 99.4 cm³/mol. The summed E-state index contributed by atoms with van der Waals surface area (Å²) in [5, 5.41) is 0. The molecule has 1 aliphatic rings. The molecule has 0 spiro atoms. The van der Waals surface area contributed by atoms with E-state index in [0.717, 1.165) is 18.3 Å². The number of hydrogen-bond donors (Lipinski definition) is 0.